The minimum atomic E-state index is -3.78. The van der Waals surface area contributed by atoms with Crippen molar-refractivity contribution in [3.63, 3.8) is 0 Å². The van der Waals surface area contributed by atoms with Gasteiger partial charge in [0, 0.05) is 45.0 Å². The number of carbonyl (C=O) groups is 2. The van der Waals surface area contributed by atoms with E-state index in [-0.39, 0.29) is 42.7 Å². The van der Waals surface area contributed by atoms with Gasteiger partial charge in [0.15, 0.2) is 0 Å². The molecule has 168 valence electrons. The summed E-state index contributed by atoms with van der Waals surface area (Å²) in [7, 11) is -2.21. The van der Waals surface area contributed by atoms with Gasteiger partial charge in [0.1, 0.15) is 16.3 Å². The van der Waals surface area contributed by atoms with Crippen LogP contribution in [0.5, 0.6) is 5.75 Å². The largest absolute Gasteiger partial charge is 0.494 e. The zero-order valence-corrected chi connectivity index (χ0v) is 18.6. The van der Waals surface area contributed by atoms with Crippen LogP contribution in [0.3, 0.4) is 0 Å². The number of benzene rings is 1. The molecule has 2 amide bonds. The fourth-order valence-electron chi connectivity index (χ4n) is 3.41. The lowest BCUT2D eigenvalue weighted by atomic mass is 10.2. The van der Waals surface area contributed by atoms with Crippen LogP contribution < -0.4 is 10.5 Å². The van der Waals surface area contributed by atoms with Gasteiger partial charge in [0.2, 0.25) is 10.0 Å². The fraction of sp³-hybridized carbons (Fsp3) is 0.429. The minimum Gasteiger partial charge on any atom is -0.494 e. The molecular formula is C21H28N4O5S. The van der Waals surface area contributed by atoms with Crippen LogP contribution in [0, 0.1) is 0 Å². The van der Waals surface area contributed by atoms with Crippen LogP contribution in [0.15, 0.2) is 41.4 Å². The third-order valence-corrected chi connectivity index (χ3v) is 7.13. The van der Waals surface area contributed by atoms with Gasteiger partial charge >= 0.3 is 0 Å². The fourth-order valence-corrected chi connectivity index (χ4v) is 4.91. The molecule has 31 heavy (non-hydrogen) atoms. The van der Waals surface area contributed by atoms with Crippen molar-refractivity contribution in [3.8, 4) is 5.75 Å². The van der Waals surface area contributed by atoms with Crippen molar-refractivity contribution >= 4 is 21.8 Å². The Morgan fingerprint density at radius 3 is 2.29 bits per heavy atom. The summed E-state index contributed by atoms with van der Waals surface area (Å²) in [4.78, 5) is 25.9. The number of rotatable bonds is 8. The molecule has 0 radical (unpaired) electrons. The molecule has 1 fully saturated rings. The third kappa shape index (κ3) is 5.08. The van der Waals surface area contributed by atoms with Gasteiger partial charge in [0.25, 0.3) is 11.8 Å². The second-order valence-electron chi connectivity index (χ2n) is 7.46. The molecule has 1 saturated heterocycles. The first-order valence-corrected chi connectivity index (χ1v) is 11.7. The highest BCUT2D eigenvalue weighted by atomic mass is 32.2. The van der Waals surface area contributed by atoms with Crippen LogP contribution in [0.1, 0.15) is 40.6 Å². The first kappa shape index (κ1) is 22.8. The van der Waals surface area contributed by atoms with Gasteiger partial charge in [-0.15, -0.1) is 0 Å². The number of aryl methyl sites for hydroxylation is 1. The summed E-state index contributed by atoms with van der Waals surface area (Å²) in [5, 5.41) is 0. The smallest absolute Gasteiger partial charge is 0.265 e. The quantitative estimate of drug-likeness (QED) is 0.614. The highest BCUT2D eigenvalue weighted by Crippen LogP contribution is 2.21. The maximum absolute atomic E-state index is 12.9. The van der Waals surface area contributed by atoms with E-state index in [1.54, 1.807) is 36.2 Å². The minimum absolute atomic E-state index is 0.0160. The Hall–Kier alpha value is -2.85. The first-order valence-electron chi connectivity index (χ1n) is 10.2. The summed E-state index contributed by atoms with van der Waals surface area (Å²) in [5.41, 5.74) is 5.93. The number of amides is 2. The highest BCUT2D eigenvalue weighted by molar-refractivity contribution is 7.89. The van der Waals surface area contributed by atoms with Crippen molar-refractivity contribution in [1.29, 1.82) is 0 Å². The van der Waals surface area contributed by atoms with Crippen molar-refractivity contribution in [2.24, 2.45) is 12.8 Å². The van der Waals surface area contributed by atoms with E-state index >= 15 is 0 Å². The van der Waals surface area contributed by atoms with Crippen molar-refractivity contribution in [2.45, 2.75) is 24.7 Å². The number of primary amides is 1. The Bertz CT molecular complexity index is 1040. The molecule has 1 aliphatic heterocycles. The average molecular weight is 449 g/mol. The zero-order chi connectivity index (χ0) is 22.6. The molecule has 1 aliphatic rings. The molecule has 0 bridgehead atoms. The lowest BCUT2D eigenvalue weighted by molar-refractivity contribution is 0.0697. The average Bonchev–Trinajstić information content (AvgIpc) is 3.17. The maximum Gasteiger partial charge on any atom is 0.265 e. The molecule has 2 aromatic rings. The standard InChI is InChI=1S/C21H28N4O5S/c1-3-4-13-30-17-7-5-16(6-8-17)21(27)24-9-11-25(12-10-24)31(28,29)18-14-19(20(22)26)23(2)15-18/h5-8,14-15H,3-4,9-13H2,1-2H3,(H2,22,26). The van der Waals surface area contributed by atoms with Gasteiger partial charge in [-0.2, -0.15) is 4.31 Å². The van der Waals surface area contributed by atoms with Crippen LogP contribution in [-0.4, -0.2) is 66.8 Å². The number of sulfonamides is 1. The molecule has 0 aliphatic carbocycles. The monoisotopic (exact) mass is 448 g/mol. The number of ether oxygens (including phenoxy) is 1. The van der Waals surface area contributed by atoms with Crippen LogP contribution in [-0.2, 0) is 17.1 Å². The van der Waals surface area contributed by atoms with Gasteiger partial charge in [-0.1, -0.05) is 13.3 Å². The van der Waals surface area contributed by atoms with Crippen LogP contribution in [0.25, 0.3) is 0 Å². The number of nitrogens with zero attached hydrogens (tertiary/aromatic N) is 3. The summed E-state index contributed by atoms with van der Waals surface area (Å²) in [5.74, 6) is -0.117. The predicted molar refractivity (Wildman–Crippen MR) is 115 cm³/mol. The van der Waals surface area contributed by atoms with Crippen LogP contribution >= 0.6 is 0 Å². The topological polar surface area (TPSA) is 115 Å². The first-order chi connectivity index (χ1) is 14.7. The molecule has 0 atom stereocenters. The second-order valence-corrected chi connectivity index (χ2v) is 9.40. The van der Waals surface area contributed by atoms with Crippen molar-refractivity contribution in [2.75, 3.05) is 32.8 Å². The van der Waals surface area contributed by atoms with E-state index in [4.69, 9.17) is 10.5 Å². The number of piperazine rings is 1. The number of nitrogens with two attached hydrogens (primary N) is 1. The Labute approximate surface area is 182 Å². The van der Waals surface area contributed by atoms with Gasteiger partial charge in [-0.3, -0.25) is 9.59 Å². The van der Waals surface area contributed by atoms with Crippen molar-refractivity contribution in [3.05, 3.63) is 47.8 Å². The number of hydrogen-bond acceptors (Lipinski definition) is 5. The lowest BCUT2D eigenvalue weighted by Gasteiger charge is -2.33. The summed E-state index contributed by atoms with van der Waals surface area (Å²) >= 11 is 0. The van der Waals surface area contributed by atoms with Crippen molar-refractivity contribution in [1.82, 2.24) is 13.8 Å². The molecule has 0 spiro atoms. The Kier molecular flexibility index (Phi) is 7.01. The molecule has 1 aromatic heterocycles. The highest BCUT2D eigenvalue weighted by Gasteiger charge is 2.31. The molecule has 0 unspecified atom stereocenters. The molecule has 10 heteroatoms. The maximum atomic E-state index is 12.9. The van der Waals surface area contributed by atoms with E-state index in [0.29, 0.717) is 12.2 Å². The third-order valence-electron chi connectivity index (χ3n) is 5.26. The van der Waals surface area contributed by atoms with Crippen LogP contribution in [0.4, 0.5) is 0 Å². The van der Waals surface area contributed by atoms with Gasteiger partial charge < -0.3 is 19.9 Å². The number of carbonyl (C=O) groups excluding carboxylic acids is 2. The summed E-state index contributed by atoms with van der Waals surface area (Å²) in [6.45, 7) is 3.64. The predicted octanol–water partition coefficient (Wildman–Crippen LogP) is 1.45. The summed E-state index contributed by atoms with van der Waals surface area (Å²) in [6.07, 6.45) is 3.40. The van der Waals surface area contributed by atoms with E-state index in [9.17, 15) is 18.0 Å². The molecule has 0 saturated carbocycles. The van der Waals surface area contributed by atoms with E-state index in [1.165, 1.54) is 21.1 Å². The zero-order valence-electron chi connectivity index (χ0n) is 17.8. The summed E-state index contributed by atoms with van der Waals surface area (Å²) in [6, 6.07) is 8.27. The number of unbranched alkanes of at least 4 members (excludes halogenated alkanes) is 1. The van der Waals surface area contributed by atoms with Crippen LogP contribution in [0.2, 0.25) is 0 Å². The number of aromatic nitrogens is 1. The molecule has 3 rings (SSSR count). The molecule has 2 heterocycles. The normalized spacial score (nSPS) is 15.1. The SMILES string of the molecule is CCCCOc1ccc(C(=O)N2CCN(S(=O)(=O)c3cc(C(N)=O)n(C)c3)CC2)cc1. The van der Waals surface area contributed by atoms with E-state index in [0.717, 1.165) is 18.6 Å². The van der Waals surface area contributed by atoms with Gasteiger partial charge in [0.05, 0.1) is 6.61 Å². The molecule has 9 nitrogen and oxygen atoms in total. The van der Waals surface area contributed by atoms with Crippen molar-refractivity contribution < 1.29 is 22.7 Å². The molecular weight excluding hydrogens is 420 g/mol. The molecule has 1 aromatic carbocycles. The Morgan fingerprint density at radius 2 is 1.74 bits per heavy atom. The van der Waals surface area contributed by atoms with E-state index in [2.05, 4.69) is 6.92 Å². The lowest BCUT2D eigenvalue weighted by Crippen LogP contribution is -2.50. The Balaban J connectivity index is 1.61. The van der Waals surface area contributed by atoms with E-state index < -0.39 is 15.9 Å². The number of hydrogen-bond donors (Lipinski definition) is 1. The second kappa shape index (κ2) is 9.52. The Morgan fingerprint density at radius 1 is 1.10 bits per heavy atom. The van der Waals surface area contributed by atoms with Gasteiger partial charge in [-0.25, -0.2) is 8.42 Å². The van der Waals surface area contributed by atoms with E-state index in [1.807, 2.05) is 0 Å². The molecule has 2 N–H and O–H groups in total. The van der Waals surface area contributed by atoms with Gasteiger partial charge in [-0.05, 0) is 36.8 Å². The summed E-state index contributed by atoms with van der Waals surface area (Å²) < 4.78 is 34.2.